The van der Waals surface area contributed by atoms with E-state index in [9.17, 15) is 4.79 Å². The van der Waals surface area contributed by atoms with Crippen molar-refractivity contribution in [1.29, 1.82) is 0 Å². The van der Waals surface area contributed by atoms with Crippen LogP contribution in [0.1, 0.15) is 5.56 Å². The standard InChI is InChI=1S/C15H11IN2O.CO2/c16-12-6-7-14-13(8-12)15(19)18(10-17-14)9-11-4-2-1-3-5-11;2-1-3/h1-8,10H,9H2;. The van der Waals surface area contributed by atoms with Crippen molar-refractivity contribution in [2.24, 2.45) is 0 Å². The zero-order valence-corrected chi connectivity index (χ0v) is 13.6. The molecule has 0 N–H and O–H groups in total. The Balaban J connectivity index is 0.000000545. The lowest BCUT2D eigenvalue weighted by Crippen LogP contribution is -2.21. The van der Waals surface area contributed by atoms with Gasteiger partial charge in [-0.15, -0.1) is 0 Å². The van der Waals surface area contributed by atoms with Crippen molar-refractivity contribution >= 4 is 39.6 Å². The number of carbonyl (C=O) groups excluding carboxylic acids is 2. The van der Waals surface area contributed by atoms with E-state index < -0.39 is 0 Å². The number of aromatic nitrogens is 2. The molecule has 0 fully saturated rings. The summed E-state index contributed by atoms with van der Waals surface area (Å²) in [4.78, 5) is 33.0. The second-order valence-corrected chi connectivity index (χ2v) is 5.65. The summed E-state index contributed by atoms with van der Waals surface area (Å²) in [5.41, 5.74) is 1.85. The summed E-state index contributed by atoms with van der Waals surface area (Å²) in [7, 11) is 0. The van der Waals surface area contributed by atoms with Crippen molar-refractivity contribution in [2.75, 3.05) is 0 Å². The maximum absolute atomic E-state index is 12.4. The molecule has 110 valence electrons. The van der Waals surface area contributed by atoms with Crippen LogP contribution >= 0.6 is 22.6 Å². The normalized spacial score (nSPS) is 9.68. The molecule has 3 rings (SSSR count). The minimum atomic E-state index is 0.00682. The summed E-state index contributed by atoms with van der Waals surface area (Å²) in [6, 6.07) is 15.6. The van der Waals surface area contributed by atoms with Gasteiger partial charge in [0.25, 0.3) is 5.56 Å². The van der Waals surface area contributed by atoms with Gasteiger partial charge >= 0.3 is 6.15 Å². The Kier molecular flexibility index (Phi) is 5.57. The molecule has 5 nitrogen and oxygen atoms in total. The Hall–Kier alpha value is -2.31. The van der Waals surface area contributed by atoms with E-state index in [-0.39, 0.29) is 11.7 Å². The van der Waals surface area contributed by atoms with Gasteiger partial charge in [0.1, 0.15) is 0 Å². The number of nitrogens with zero attached hydrogens (tertiary/aromatic N) is 2. The molecule has 2 aromatic carbocycles. The first-order valence-electron chi connectivity index (χ1n) is 6.33. The molecular formula is C16H11IN2O3. The van der Waals surface area contributed by atoms with Gasteiger partial charge in [-0.25, -0.2) is 4.98 Å². The zero-order valence-electron chi connectivity index (χ0n) is 11.4. The van der Waals surface area contributed by atoms with E-state index in [2.05, 4.69) is 27.6 Å². The van der Waals surface area contributed by atoms with Gasteiger partial charge in [-0.2, -0.15) is 9.59 Å². The largest absolute Gasteiger partial charge is 0.373 e. The number of benzene rings is 2. The fraction of sp³-hybridized carbons (Fsp3) is 0.0625. The molecule has 0 aliphatic rings. The molecule has 3 aromatic rings. The summed E-state index contributed by atoms with van der Waals surface area (Å²) in [6.45, 7) is 0.550. The molecule has 0 aliphatic heterocycles. The van der Waals surface area contributed by atoms with Crippen LogP contribution in [-0.2, 0) is 16.1 Å². The molecule has 0 amide bonds. The van der Waals surface area contributed by atoms with Crippen LogP contribution < -0.4 is 5.56 Å². The maximum atomic E-state index is 12.4. The molecule has 22 heavy (non-hydrogen) atoms. The van der Waals surface area contributed by atoms with Crippen LogP contribution in [0.3, 0.4) is 0 Å². The van der Waals surface area contributed by atoms with E-state index in [0.717, 1.165) is 14.7 Å². The van der Waals surface area contributed by atoms with Crippen LogP contribution in [-0.4, -0.2) is 15.7 Å². The summed E-state index contributed by atoms with van der Waals surface area (Å²) in [5, 5.41) is 0.672. The third kappa shape index (κ3) is 3.87. The second kappa shape index (κ2) is 7.63. The lowest BCUT2D eigenvalue weighted by Gasteiger charge is -2.06. The highest BCUT2D eigenvalue weighted by molar-refractivity contribution is 14.1. The topological polar surface area (TPSA) is 69.0 Å². The van der Waals surface area contributed by atoms with Crippen LogP contribution in [0.2, 0.25) is 0 Å². The van der Waals surface area contributed by atoms with Crippen LogP contribution in [0, 0.1) is 3.57 Å². The Labute approximate surface area is 139 Å². The monoisotopic (exact) mass is 406 g/mol. The predicted octanol–water partition coefficient (Wildman–Crippen LogP) is 2.47. The summed E-state index contributed by atoms with van der Waals surface area (Å²) in [6.07, 6.45) is 1.87. The highest BCUT2D eigenvalue weighted by Gasteiger charge is 2.05. The van der Waals surface area contributed by atoms with E-state index in [1.54, 1.807) is 10.9 Å². The molecule has 0 bridgehead atoms. The number of halogens is 1. The smallest absolute Gasteiger partial charge is 0.294 e. The maximum Gasteiger partial charge on any atom is 0.373 e. The van der Waals surface area contributed by atoms with Crippen molar-refractivity contribution in [3.63, 3.8) is 0 Å². The zero-order chi connectivity index (χ0) is 15.9. The van der Waals surface area contributed by atoms with Gasteiger partial charge in [-0.05, 0) is 46.4 Å². The molecular weight excluding hydrogens is 395 g/mol. The second-order valence-electron chi connectivity index (χ2n) is 4.41. The molecule has 0 spiro atoms. The number of hydrogen-bond acceptors (Lipinski definition) is 4. The number of fused-ring (bicyclic) bond motifs is 1. The molecule has 6 heteroatoms. The molecule has 0 saturated carbocycles. The quantitative estimate of drug-likeness (QED) is 0.614. The summed E-state index contributed by atoms with van der Waals surface area (Å²) in [5.74, 6) is 0. The third-order valence-corrected chi connectivity index (χ3v) is 3.65. The molecule has 1 heterocycles. The predicted molar refractivity (Wildman–Crippen MR) is 89.3 cm³/mol. The number of hydrogen-bond donors (Lipinski definition) is 0. The van der Waals surface area contributed by atoms with E-state index in [1.165, 1.54) is 0 Å². The first kappa shape index (κ1) is 16.1. The molecule has 0 saturated heterocycles. The number of rotatable bonds is 2. The van der Waals surface area contributed by atoms with Crippen LogP contribution in [0.4, 0.5) is 0 Å². The Morgan fingerprint density at radius 3 is 2.45 bits per heavy atom. The fourth-order valence-electron chi connectivity index (χ4n) is 2.02. The van der Waals surface area contributed by atoms with E-state index in [4.69, 9.17) is 9.59 Å². The van der Waals surface area contributed by atoms with Crippen molar-refractivity contribution < 1.29 is 9.59 Å². The highest BCUT2D eigenvalue weighted by Crippen LogP contribution is 2.12. The first-order valence-corrected chi connectivity index (χ1v) is 7.41. The van der Waals surface area contributed by atoms with E-state index in [1.807, 2.05) is 48.5 Å². The van der Waals surface area contributed by atoms with Crippen molar-refractivity contribution in [3.8, 4) is 0 Å². The lowest BCUT2D eigenvalue weighted by molar-refractivity contribution is -0.191. The average molecular weight is 406 g/mol. The highest BCUT2D eigenvalue weighted by atomic mass is 127. The average Bonchev–Trinajstić information content (AvgIpc) is 2.52. The van der Waals surface area contributed by atoms with Crippen LogP contribution in [0.25, 0.3) is 10.9 Å². The molecule has 0 aliphatic carbocycles. The first-order chi connectivity index (χ1) is 10.7. The Bertz CT molecular complexity index is 869. The minimum Gasteiger partial charge on any atom is -0.294 e. The molecule has 0 unspecified atom stereocenters. The van der Waals surface area contributed by atoms with Gasteiger partial charge in [0.05, 0.1) is 23.8 Å². The van der Waals surface area contributed by atoms with E-state index in [0.29, 0.717) is 11.9 Å². The molecule has 1 aromatic heterocycles. The van der Waals surface area contributed by atoms with Crippen molar-refractivity contribution in [3.05, 3.63) is 74.3 Å². The van der Waals surface area contributed by atoms with E-state index >= 15 is 0 Å². The summed E-state index contributed by atoms with van der Waals surface area (Å²) < 4.78 is 2.69. The Morgan fingerprint density at radius 2 is 1.77 bits per heavy atom. The van der Waals surface area contributed by atoms with Gasteiger partial charge in [0.15, 0.2) is 0 Å². The SMILES string of the molecule is O=C=O.O=c1c2cc(I)ccc2ncn1Cc1ccccc1. The van der Waals surface area contributed by atoms with Gasteiger partial charge in [-0.1, -0.05) is 30.3 Å². The van der Waals surface area contributed by atoms with Gasteiger partial charge < -0.3 is 0 Å². The minimum absolute atomic E-state index is 0.00682. The van der Waals surface area contributed by atoms with Crippen LogP contribution in [0.15, 0.2) is 59.7 Å². The van der Waals surface area contributed by atoms with Gasteiger partial charge in [-0.3, -0.25) is 9.36 Å². The molecule has 0 radical (unpaired) electrons. The van der Waals surface area contributed by atoms with Crippen molar-refractivity contribution in [2.45, 2.75) is 6.54 Å². The van der Waals surface area contributed by atoms with Crippen molar-refractivity contribution in [1.82, 2.24) is 9.55 Å². The lowest BCUT2D eigenvalue weighted by atomic mass is 10.2. The van der Waals surface area contributed by atoms with Gasteiger partial charge in [0, 0.05) is 3.57 Å². The van der Waals surface area contributed by atoms with Gasteiger partial charge in [0.2, 0.25) is 0 Å². The molecule has 0 atom stereocenters. The fourth-order valence-corrected chi connectivity index (χ4v) is 2.52. The Morgan fingerprint density at radius 1 is 1.09 bits per heavy atom. The third-order valence-electron chi connectivity index (χ3n) is 2.98. The summed E-state index contributed by atoms with van der Waals surface area (Å²) >= 11 is 2.20. The van der Waals surface area contributed by atoms with Crippen LogP contribution in [0.5, 0.6) is 0 Å².